The molecule has 1 aromatic heterocycles. The molecule has 0 bridgehead atoms. The molecule has 0 unspecified atom stereocenters. The van der Waals surface area contributed by atoms with Gasteiger partial charge in [0.25, 0.3) is 0 Å². The Balaban J connectivity index is 1.84. The lowest BCUT2D eigenvalue weighted by atomic mass is 10.2. The van der Waals surface area contributed by atoms with E-state index in [1.807, 2.05) is 43.3 Å². The lowest BCUT2D eigenvalue weighted by Crippen LogP contribution is -2.36. The van der Waals surface area contributed by atoms with Crippen LogP contribution in [0.5, 0.6) is 0 Å². The van der Waals surface area contributed by atoms with Crippen LogP contribution < -0.4 is 4.72 Å². The average molecular weight is 293 g/mol. The summed E-state index contributed by atoms with van der Waals surface area (Å²) in [4.78, 5) is 0. The smallest absolute Gasteiger partial charge is 0.212 e. The van der Waals surface area contributed by atoms with E-state index in [1.54, 1.807) is 12.3 Å². The Morgan fingerprint density at radius 1 is 1.15 bits per heavy atom. The number of nitrogens with one attached hydrogen (secondary N) is 1. The fourth-order valence-electron chi connectivity index (χ4n) is 2.03. The third-order valence-electron chi connectivity index (χ3n) is 2.97. The zero-order valence-electron chi connectivity index (χ0n) is 11.5. The summed E-state index contributed by atoms with van der Waals surface area (Å²) in [5.74, 6) is 0.878. The average Bonchev–Trinajstić information content (AvgIpc) is 2.90. The molecule has 0 saturated heterocycles. The molecule has 0 aliphatic rings. The lowest BCUT2D eigenvalue weighted by Gasteiger charge is -2.13. The number of sulfonamides is 1. The molecule has 20 heavy (non-hydrogen) atoms. The maximum absolute atomic E-state index is 12.0. The molecule has 1 heterocycles. The van der Waals surface area contributed by atoms with E-state index in [4.69, 9.17) is 4.42 Å². The van der Waals surface area contributed by atoms with Crippen molar-refractivity contribution in [3.8, 4) is 0 Å². The van der Waals surface area contributed by atoms with Crippen LogP contribution in [0.25, 0.3) is 0 Å². The third-order valence-corrected chi connectivity index (χ3v) is 4.47. The fraction of sp³-hybridized carbons (Fsp3) is 0.333. The topological polar surface area (TPSA) is 59.3 Å². The van der Waals surface area contributed by atoms with Crippen molar-refractivity contribution in [1.29, 1.82) is 0 Å². The highest BCUT2D eigenvalue weighted by atomic mass is 32.2. The van der Waals surface area contributed by atoms with Gasteiger partial charge in [0.1, 0.15) is 5.76 Å². The zero-order chi connectivity index (χ0) is 14.4. The Morgan fingerprint density at radius 2 is 1.90 bits per heavy atom. The number of aryl methyl sites for hydroxylation is 1. The number of rotatable bonds is 7. The molecule has 0 fully saturated rings. The van der Waals surface area contributed by atoms with Gasteiger partial charge in [-0.25, -0.2) is 13.1 Å². The maximum Gasteiger partial charge on any atom is 0.212 e. The molecular weight excluding hydrogens is 274 g/mol. The molecule has 0 radical (unpaired) electrons. The predicted octanol–water partition coefficient (Wildman–Crippen LogP) is 2.37. The van der Waals surface area contributed by atoms with Crippen LogP contribution in [0.2, 0.25) is 0 Å². The van der Waals surface area contributed by atoms with Crippen molar-refractivity contribution < 1.29 is 12.8 Å². The van der Waals surface area contributed by atoms with Gasteiger partial charge in [0.15, 0.2) is 0 Å². The fourth-order valence-corrected chi connectivity index (χ4v) is 3.35. The first-order valence-corrected chi connectivity index (χ1v) is 8.27. The quantitative estimate of drug-likeness (QED) is 0.852. The zero-order valence-corrected chi connectivity index (χ0v) is 12.3. The number of hydrogen-bond donors (Lipinski definition) is 1. The highest BCUT2D eigenvalue weighted by Crippen LogP contribution is 2.06. The third kappa shape index (κ3) is 4.83. The molecule has 0 amide bonds. The summed E-state index contributed by atoms with van der Waals surface area (Å²) in [5.41, 5.74) is 1.02. The second-order valence-electron chi connectivity index (χ2n) is 4.86. The van der Waals surface area contributed by atoms with Crippen LogP contribution in [0.1, 0.15) is 18.2 Å². The van der Waals surface area contributed by atoms with Crippen LogP contribution >= 0.6 is 0 Å². The molecule has 1 aromatic carbocycles. The van der Waals surface area contributed by atoms with Gasteiger partial charge in [-0.1, -0.05) is 30.3 Å². The summed E-state index contributed by atoms with van der Waals surface area (Å²) in [6.07, 6.45) is 2.66. The molecular formula is C15H19NO3S. The van der Waals surface area contributed by atoms with Crippen molar-refractivity contribution in [3.63, 3.8) is 0 Å². The first kappa shape index (κ1) is 14.8. The molecule has 0 spiro atoms. The van der Waals surface area contributed by atoms with Gasteiger partial charge in [0.2, 0.25) is 10.0 Å². The van der Waals surface area contributed by atoms with Gasteiger partial charge in [-0.2, -0.15) is 0 Å². The Hall–Kier alpha value is -1.59. The minimum Gasteiger partial charge on any atom is -0.469 e. The van der Waals surface area contributed by atoms with E-state index >= 15 is 0 Å². The van der Waals surface area contributed by atoms with E-state index in [0.717, 1.165) is 11.3 Å². The number of furan rings is 1. The van der Waals surface area contributed by atoms with Crippen molar-refractivity contribution in [2.75, 3.05) is 5.75 Å². The van der Waals surface area contributed by atoms with Gasteiger partial charge in [-0.3, -0.25) is 0 Å². The Kier molecular flexibility index (Phi) is 4.98. The van der Waals surface area contributed by atoms with E-state index in [9.17, 15) is 8.42 Å². The minimum absolute atomic E-state index is 0.0967. The summed E-state index contributed by atoms with van der Waals surface area (Å²) in [6, 6.07) is 13.1. The van der Waals surface area contributed by atoms with Crippen LogP contribution in [0.4, 0.5) is 0 Å². The summed E-state index contributed by atoms with van der Waals surface area (Å²) in [6.45, 7) is 1.84. The van der Waals surface area contributed by atoms with Crippen molar-refractivity contribution >= 4 is 10.0 Å². The number of hydrogen-bond acceptors (Lipinski definition) is 3. The number of benzene rings is 1. The molecule has 0 aliphatic carbocycles. The van der Waals surface area contributed by atoms with Crippen molar-refractivity contribution in [2.24, 2.45) is 0 Å². The van der Waals surface area contributed by atoms with Gasteiger partial charge in [-0.15, -0.1) is 0 Å². The highest BCUT2D eigenvalue weighted by Gasteiger charge is 2.15. The Morgan fingerprint density at radius 3 is 2.55 bits per heavy atom. The molecule has 0 saturated carbocycles. The van der Waals surface area contributed by atoms with Crippen molar-refractivity contribution in [1.82, 2.24) is 4.72 Å². The van der Waals surface area contributed by atoms with Crippen LogP contribution in [0, 0.1) is 0 Å². The van der Waals surface area contributed by atoms with E-state index in [1.165, 1.54) is 0 Å². The second-order valence-corrected chi connectivity index (χ2v) is 6.73. The van der Waals surface area contributed by atoms with Gasteiger partial charge >= 0.3 is 0 Å². The van der Waals surface area contributed by atoms with Crippen LogP contribution in [-0.4, -0.2) is 20.2 Å². The molecule has 108 valence electrons. The van der Waals surface area contributed by atoms with E-state index < -0.39 is 10.0 Å². The minimum atomic E-state index is -3.27. The standard InChI is InChI=1S/C15H19NO3S/c1-13(12-15-8-5-10-19-15)16-20(17,18)11-9-14-6-3-2-4-7-14/h2-8,10,13,16H,9,11-12H2,1H3/t13-/m1/s1. The van der Waals surface area contributed by atoms with E-state index in [2.05, 4.69) is 4.72 Å². The maximum atomic E-state index is 12.0. The molecule has 2 aromatic rings. The van der Waals surface area contributed by atoms with Gasteiger partial charge < -0.3 is 4.42 Å². The molecule has 1 atom stereocenters. The highest BCUT2D eigenvalue weighted by molar-refractivity contribution is 7.89. The molecule has 2 rings (SSSR count). The monoisotopic (exact) mass is 293 g/mol. The summed E-state index contributed by atoms with van der Waals surface area (Å²) in [7, 11) is -3.27. The molecule has 4 nitrogen and oxygen atoms in total. The largest absolute Gasteiger partial charge is 0.469 e. The van der Waals surface area contributed by atoms with Crippen LogP contribution in [-0.2, 0) is 22.9 Å². The van der Waals surface area contributed by atoms with E-state index in [0.29, 0.717) is 12.8 Å². The first-order valence-electron chi connectivity index (χ1n) is 6.61. The molecule has 5 heteroatoms. The Labute approximate surface area is 119 Å². The van der Waals surface area contributed by atoms with Gasteiger partial charge in [0, 0.05) is 12.5 Å². The summed E-state index contributed by atoms with van der Waals surface area (Å²) >= 11 is 0. The first-order chi connectivity index (χ1) is 9.55. The van der Waals surface area contributed by atoms with Crippen LogP contribution in [0.15, 0.2) is 53.1 Å². The van der Waals surface area contributed by atoms with Gasteiger partial charge in [0.05, 0.1) is 12.0 Å². The Bertz CT molecular complexity index is 606. The molecule has 0 aliphatic heterocycles. The van der Waals surface area contributed by atoms with Gasteiger partial charge in [-0.05, 0) is 31.0 Å². The SMILES string of the molecule is C[C@H](Cc1ccco1)NS(=O)(=O)CCc1ccccc1. The van der Waals surface area contributed by atoms with Crippen molar-refractivity contribution in [3.05, 3.63) is 60.1 Å². The predicted molar refractivity (Wildman–Crippen MR) is 78.9 cm³/mol. The summed E-state index contributed by atoms with van der Waals surface area (Å²) in [5, 5.41) is 0. The van der Waals surface area contributed by atoms with E-state index in [-0.39, 0.29) is 11.8 Å². The normalized spacial score (nSPS) is 13.2. The second kappa shape index (κ2) is 6.72. The molecule has 1 N–H and O–H groups in total. The lowest BCUT2D eigenvalue weighted by molar-refractivity contribution is 0.479. The van der Waals surface area contributed by atoms with Crippen molar-refractivity contribution in [2.45, 2.75) is 25.8 Å². The van der Waals surface area contributed by atoms with Crippen LogP contribution in [0.3, 0.4) is 0 Å². The summed E-state index contributed by atoms with van der Waals surface area (Å²) < 4.78 is 31.9.